The number of carbonyl (C=O) groups excluding carboxylic acids is 2. The lowest BCUT2D eigenvalue weighted by atomic mass is 10.0. The molecule has 0 saturated heterocycles. The van der Waals surface area contributed by atoms with Crippen molar-refractivity contribution < 1.29 is 28.2 Å². The molecule has 37 heavy (non-hydrogen) atoms. The van der Waals surface area contributed by atoms with E-state index >= 15 is 0 Å². The van der Waals surface area contributed by atoms with Crippen LogP contribution in [0.1, 0.15) is 16.7 Å². The number of benzene rings is 3. The van der Waals surface area contributed by atoms with Crippen molar-refractivity contribution >= 4 is 44.2 Å². The molecule has 5 rings (SSSR count). The molecule has 188 valence electrons. The summed E-state index contributed by atoms with van der Waals surface area (Å²) in [6.45, 7) is 0.210. The van der Waals surface area contributed by atoms with Crippen LogP contribution in [0.5, 0.6) is 17.2 Å². The van der Waals surface area contributed by atoms with Crippen LogP contribution in [0.15, 0.2) is 71.3 Å². The minimum Gasteiger partial charge on any atom is -0.497 e. The summed E-state index contributed by atoms with van der Waals surface area (Å²) in [5, 5.41) is 0.460. The van der Waals surface area contributed by atoms with Crippen molar-refractivity contribution in [3.63, 3.8) is 0 Å². The number of aromatic nitrogens is 1. The number of amides is 2. The number of nitrogens with one attached hydrogen (secondary N) is 1. The van der Waals surface area contributed by atoms with Crippen molar-refractivity contribution in [3.05, 3.63) is 93.9 Å². The molecule has 1 aliphatic heterocycles. The molecule has 0 atom stereocenters. The van der Waals surface area contributed by atoms with Crippen molar-refractivity contribution in [3.8, 4) is 17.2 Å². The van der Waals surface area contributed by atoms with Crippen molar-refractivity contribution in [1.29, 1.82) is 0 Å². The molecule has 7 nitrogen and oxygen atoms in total. The second kappa shape index (κ2) is 10.1. The molecule has 1 aromatic heterocycles. The molecule has 0 fully saturated rings. The first-order valence-corrected chi connectivity index (χ1v) is 12.1. The second-order valence-corrected chi connectivity index (χ2v) is 9.16. The van der Waals surface area contributed by atoms with Crippen molar-refractivity contribution in [1.82, 2.24) is 9.88 Å². The number of hydrogen-bond acceptors (Lipinski definition) is 5. The minimum atomic E-state index is -0.572. The fraction of sp³-hybridized carbons (Fsp3) is 0.143. The number of imide groups is 1. The maximum absolute atomic E-state index is 15.0. The molecule has 0 radical (unpaired) electrons. The SMILES string of the molecule is COc1ccc(CN2C(=O)C(Br)=C(c3c[nH]c4cc(OCc5ccccc5)c(F)cc34)C2=O)c(OC)c1. The van der Waals surface area contributed by atoms with Crippen LogP contribution in [0.3, 0.4) is 0 Å². The summed E-state index contributed by atoms with van der Waals surface area (Å²) >= 11 is 3.30. The lowest BCUT2D eigenvalue weighted by Crippen LogP contribution is -2.30. The Hall–Kier alpha value is -4.11. The van der Waals surface area contributed by atoms with Gasteiger partial charge >= 0.3 is 0 Å². The quantitative estimate of drug-likeness (QED) is 0.283. The first-order chi connectivity index (χ1) is 17.9. The summed E-state index contributed by atoms with van der Waals surface area (Å²) < 4.78 is 31.4. The Morgan fingerprint density at radius 1 is 0.946 bits per heavy atom. The van der Waals surface area contributed by atoms with Gasteiger partial charge in [0.2, 0.25) is 0 Å². The highest BCUT2D eigenvalue weighted by atomic mass is 79.9. The number of carbonyl (C=O) groups is 2. The Morgan fingerprint density at radius 3 is 2.46 bits per heavy atom. The van der Waals surface area contributed by atoms with Gasteiger partial charge in [0, 0.05) is 40.4 Å². The largest absolute Gasteiger partial charge is 0.497 e. The van der Waals surface area contributed by atoms with Gasteiger partial charge in [0.05, 0.1) is 30.8 Å². The van der Waals surface area contributed by atoms with Gasteiger partial charge in [-0.2, -0.15) is 0 Å². The van der Waals surface area contributed by atoms with E-state index in [-0.39, 0.29) is 29.0 Å². The molecule has 1 aliphatic rings. The van der Waals surface area contributed by atoms with Crippen LogP contribution in [0.2, 0.25) is 0 Å². The number of rotatable bonds is 8. The zero-order valence-electron chi connectivity index (χ0n) is 20.0. The standard InChI is InChI=1S/C28H22BrFN2O5/c1-35-18-9-8-17(23(10-18)36-2)14-32-27(33)25(26(29)28(32)34)20-13-31-22-12-24(21(30)11-19(20)22)37-15-16-6-4-3-5-7-16/h3-13,31H,14-15H2,1-2H3. The molecule has 0 bridgehead atoms. The number of methoxy groups -OCH3 is 2. The van der Waals surface area contributed by atoms with E-state index in [1.165, 1.54) is 20.3 Å². The number of nitrogens with zero attached hydrogens (tertiary/aromatic N) is 1. The minimum absolute atomic E-state index is 0.00236. The van der Waals surface area contributed by atoms with Gasteiger partial charge in [-0.1, -0.05) is 30.3 Å². The summed E-state index contributed by atoms with van der Waals surface area (Å²) in [7, 11) is 3.04. The van der Waals surface area contributed by atoms with Gasteiger partial charge in [0.1, 0.15) is 18.1 Å². The van der Waals surface area contributed by atoms with Crippen LogP contribution in [-0.4, -0.2) is 35.9 Å². The lowest BCUT2D eigenvalue weighted by molar-refractivity contribution is -0.137. The van der Waals surface area contributed by atoms with Crippen LogP contribution in [0, 0.1) is 5.82 Å². The fourth-order valence-electron chi connectivity index (χ4n) is 4.25. The smallest absolute Gasteiger partial charge is 0.268 e. The number of fused-ring (bicyclic) bond motifs is 1. The van der Waals surface area contributed by atoms with Gasteiger partial charge in [-0.25, -0.2) is 4.39 Å². The summed E-state index contributed by atoms with van der Waals surface area (Å²) in [4.78, 5) is 30.7. The molecular formula is C28H22BrFN2O5. The zero-order valence-corrected chi connectivity index (χ0v) is 21.6. The molecule has 0 spiro atoms. The number of aromatic amines is 1. The summed E-state index contributed by atoms with van der Waals surface area (Å²) in [6.07, 6.45) is 1.59. The van der Waals surface area contributed by atoms with Gasteiger partial charge in [-0.15, -0.1) is 0 Å². The molecule has 1 N–H and O–H groups in total. The molecule has 9 heteroatoms. The average molecular weight is 565 g/mol. The second-order valence-electron chi connectivity index (χ2n) is 8.37. The molecule has 2 amide bonds. The first kappa shape index (κ1) is 24.6. The zero-order chi connectivity index (χ0) is 26.1. The third kappa shape index (κ3) is 4.58. The molecule has 2 heterocycles. The van der Waals surface area contributed by atoms with Crippen molar-refractivity contribution in [2.45, 2.75) is 13.2 Å². The van der Waals surface area contributed by atoms with Crippen LogP contribution < -0.4 is 14.2 Å². The predicted octanol–water partition coefficient (Wildman–Crippen LogP) is 5.58. The van der Waals surface area contributed by atoms with Crippen LogP contribution in [-0.2, 0) is 22.7 Å². The molecule has 3 aromatic carbocycles. The van der Waals surface area contributed by atoms with E-state index in [1.54, 1.807) is 30.5 Å². The van der Waals surface area contributed by atoms with Gasteiger partial charge < -0.3 is 19.2 Å². The highest BCUT2D eigenvalue weighted by molar-refractivity contribution is 9.12. The number of hydrogen-bond donors (Lipinski definition) is 1. The maximum atomic E-state index is 15.0. The van der Waals surface area contributed by atoms with E-state index in [0.29, 0.717) is 33.5 Å². The Kier molecular flexibility index (Phi) is 6.71. The van der Waals surface area contributed by atoms with Gasteiger partial charge in [-0.05, 0) is 39.7 Å². The van der Waals surface area contributed by atoms with Gasteiger partial charge in [-0.3, -0.25) is 14.5 Å². The maximum Gasteiger partial charge on any atom is 0.268 e. The van der Waals surface area contributed by atoms with Crippen LogP contribution in [0.4, 0.5) is 4.39 Å². The summed E-state index contributed by atoms with van der Waals surface area (Å²) in [5.74, 6) is -0.400. The Labute approximate surface area is 220 Å². The summed E-state index contributed by atoms with van der Waals surface area (Å²) in [5.41, 5.74) is 2.69. The number of H-pyrrole nitrogens is 1. The van der Waals surface area contributed by atoms with E-state index in [9.17, 15) is 14.0 Å². The van der Waals surface area contributed by atoms with E-state index < -0.39 is 17.6 Å². The predicted molar refractivity (Wildman–Crippen MR) is 140 cm³/mol. The third-order valence-electron chi connectivity index (χ3n) is 6.17. The third-order valence-corrected chi connectivity index (χ3v) is 6.91. The molecule has 0 aliphatic carbocycles. The Bertz CT molecular complexity index is 1550. The number of halogens is 2. The molecule has 4 aromatic rings. The molecule has 0 unspecified atom stereocenters. The lowest BCUT2D eigenvalue weighted by Gasteiger charge is -2.17. The normalized spacial score (nSPS) is 13.6. The number of ether oxygens (including phenoxy) is 3. The molecular weight excluding hydrogens is 543 g/mol. The van der Waals surface area contributed by atoms with Gasteiger partial charge in [0.25, 0.3) is 11.8 Å². The highest BCUT2D eigenvalue weighted by Gasteiger charge is 2.39. The van der Waals surface area contributed by atoms with Crippen molar-refractivity contribution in [2.24, 2.45) is 0 Å². The summed E-state index contributed by atoms with van der Waals surface area (Å²) in [6, 6.07) is 17.5. The monoisotopic (exact) mass is 564 g/mol. The van der Waals surface area contributed by atoms with Crippen molar-refractivity contribution in [2.75, 3.05) is 14.2 Å². The van der Waals surface area contributed by atoms with E-state index in [4.69, 9.17) is 14.2 Å². The van der Waals surface area contributed by atoms with E-state index in [2.05, 4.69) is 20.9 Å². The highest BCUT2D eigenvalue weighted by Crippen LogP contribution is 2.39. The Balaban J connectivity index is 1.42. The first-order valence-electron chi connectivity index (χ1n) is 11.4. The van der Waals surface area contributed by atoms with Gasteiger partial charge in [0.15, 0.2) is 11.6 Å². The van der Waals surface area contributed by atoms with Crippen LogP contribution >= 0.6 is 15.9 Å². The van der Waals surface area contributed by atoms with E-state index in [0.717, 1.165) is 10.5 Å². The molecule has 0 saturated carbocycles. The average Bonchev–Trinajstić information content (AvgIpc) is 3.40. The fourth-order valence-corrected chi connectivity index (χ4v) is 4.85. The van der Waals surface area contributed by atoms with Crippen LogP contribution in [0.25, 0.3) is 16.5 Å². The topological polar surface area (TPSA) is 80.9 Å². The Morgan fingerprint density at radius 2 is 1.73 bits per heavy atom. The van der Waals surface area contributed by atoms with E-state index in [1.807, 2.05) is 30.3 Å².